The summed E-state index contributed by atoms with van der Waals surface area (Å²) in [6.07, 6.45) is 1.02. The molecule has 0 spiro atoms. The van der Waals surface area contributed by atoms with Crippen LogP contribution in [0.5, 0.6) is 0 Å². The summed E-state index contributed by atoms with van der Waals surface area (Å²) in [7, 11) is 0. The molecule has 1 nitrogen and oxygen atoms in total. The van der Waals surface area contributed by atoms with Gasteiger partial charge >= 0.3 is 0 Å². The average Bonchev–Trinajstić information content (AvgIpc) is 2.19. The molecule has 0 radical (unpaired) electrons. The molecule has 1 unspecified atom stereocenters. The second-order valence-electron chi connectivity index (χ2n) is 3.46. The van der Waals surface area contributed by atoms with E-state index in [4.69, 9.17) is 12.2 Å². The van der Waals surface area contributed by atoms with Gasteiger partial charge in [-0.2, -0.15) is 0 Å². The fourth-order valence-corrected chi connectivity index (χ4v) is 2.49. The van der Waals surface area contributed by atoms with E-state index in [9.17, 15) is 0 Å². The molecule has 0 saturated heterocycles. The maximum Gasteiger partial charge on any atom is 0.133 e. The summed E-state index contributed by atoms with van der Waals surface area (Å²) >= 11 is 6.89. The van der Waals surface area contributed by atoms with E-state index in [-0.39, 0.29) is 0 Å². The number of nitrogens with one attached hydrogen (secondary N) is 1. The maximum atomic E-state index is 5.20. The van der Waals surface area contributed by atoms with Crippen LogP contribution in [0.15, 0.2) is 30.3 Å². The first kappa shape index (κ1) is 12.5. The molecule has 1 rings (SSSR count). The highest BCUT2D eigenvalue weighted by Crippen LogP contribution is 2.06. The van der Waals surface area contributed by atoms with Gasteiger partial charge in [0.25, 0.3) is 0 Å². The monoisotopic (exact) mass is 239 g/mol. The SMILES string of the molecule is CCSC(=S)NC(C)Cc1ccccc1. The van der Waals surface area contributed by atoms with E-state index in [0.29, 0.717) is 6.04 Å². The molecule has 0 aliphatic heterocycles. The molecule has 1 aromatic carbocycles. The molecule has 0 aliphatic rings. The van der Waals surface area contributed by atoms with Crippen molar-refractivity contribution in [3.63, 3.8) is 0 Å². The number of thioether (sulfide) groups is 1. The molecule has 1 atom stereocenters. The second-order valence-corrected chi connectivity index (χ2v) is 5.40. The van der Waals surface area contributed by atoms with Gasteiger partial charge in [0.05, 0.1) is 0 Å². The lowest BCUT2D eigenvalue weighted by Crippen LogP contribution is -2.31. The molecule has 1 aromatic rings. The highest BCUT2D eigenvalue weighted by atomic mass is 32.2. The third kappa shape index (κ3) is 5.19. The van der Waals surface area contributed by atoms with Crippen molar-refractivity contribution >= 4 is 28.3 Å². The van der Waals surface area contributed by atoms with Gasteiger partial charge in [-0.1, -0.05) is 61.2 Å². The minimum Gasteiger partial charge on any atom is -0.368 e. The third-order valence-electron chi connectivity index (χ3n) is 2.02. The van der Waals surface area contributed by atoms with Crippen LogP contribution < -0.4 is 5.32 Å². The average molecular weight is 239 g/mol. The van der Waals surface area contributed by atoms with Gasteiger partial charge in [-0.15, -0.1) is 0 Å². The molecule has 0 heterocycles. The molecule has 0 aromatic heterocycles. The van der Waals surface area contributed by atoms with Gasteiger partial charge in [0.2, 0.25) is 0 Å². The topological polar surface area (TPSA) is 12.0 Å². The first-order chi connectivity index (χ1) is 7.22. The molecule has 0 amide bonds. The Bertz CT molecular complexity index is 298. The van der Waals surface area contributed by atoms with E-state index >= 15 is 0 Å². The Kier molecular flexibility index (Phi) is 5.73. The minimum atomic E-state index is 0.402. The van der Waals surface area contributed by atoms with Crippen molar-refractivity contribution in [3.8, 4) is 0 Å². The van der Waals surface area contributed by atoms with Gasteiger partial charge in [-0.05, 0) is 24.7 Å². The van der Waals surface area contributed by atoms with Crippen molar-refractivity contribution in [2.24, 2.45) is 0 Å². The summed E-state index contributed by atoms with van der Waals surface area (Å²) < 4.78 is 0.904. The van der Waals surface area contributed by atoms with Crippen molar-refractivity contribution in [2.45, 2.75) is 26.3 Å². The number of benzene rings is 1. The molecule has 0 saturated carbocycles. The number of hydrogen-bond acceptors (Lipinski definition) is 2. The Balaban J connectivity index is 2.36. The Morgan fingerprint density at radius 3 is 2.67 bits per heavy atom. The molecule has 82 valence electrons. The van der Waals surface area contributed by atoms with Crippen molar-refractivity contribution in [3.05, 3.63) is 35.9 Å². The second kappa shape index (κ2) is 6.85. The van der Waals surface area contributed by atoms with E-state index in [1.807, 2.05) is 6.07 Å². The summed E-state index contributed by atoms with van der Waals surface area (Å²) in [5.41, 5.74) is 1.35. The van der Waals surface area contributed by atoms with Gasteiger partial charge in [0, 0.05) is 6.04 Å². The highest BCUT2D eigenvalue weighted by Gasteiger charge is 2.04. The Morgan fingerprint density at radius 2 is 2.07 bits per heavy atom. The quantitative estimate of drug-likeness (QED) is 0.810. The fraction of sp³-hybridized carbons (Fsp3) is 0.417. The van der Waals surface area contributed by atoms with Crippen LogP contribution in [0.25, 0.3) is 0 Å². The maximum absolute atomic E-state index is 5.20. The van der Waals surface area contributed by atoms with Crippen LogP contribution in [0.2, 0.25) is 0 Å². The molecule has 0 bridgehead atoms. The van der Waals surface area contributed by atoms with Crippen LogP contribution >= 0.6 is 24.0 Å². The number of hydrogen-bond donors (Lipinski definition) is 1. The third-order valence-corrected chi connectivity index (χ3v) is 3.16. The first-order valence-corrected chi connectivity index (χ1v) is 6.59. The Labute approximate surface area is 102 Å². The standard InChI is InChI=1S/C12H17NS2/c1-3-15-12(14)13-10(2)9-11-7-5-4-6-8-11/h4-8,10H,3,9H2,1-2H3,(H,13,14). The van der Waals surface area contributed by atoms with Crippen LogP contribution in [-0.2, 0) is 6.42 Å². The smallest absolute Gasteiger partial charge is 0.133 e. The summed E-state index contributed by atoms with van der Waals surface area (Å²) in [6.45, 7) is 4.27. The van der Waals surface area contributed by atoms with E-state index in [1.54, 1.807) is 11.8 Å². The summed E-state index contributed by atoms with van der Waals surface area (Å²) in [5.74, 6) is 1.03. The van der Waals surface area contributed by atoms with E-state index in [0.717, 1.165) is 16.5 Å². The normalized spacial score (nSPS) is 12.1. The van der Waals surface area contributed by atoms with Gasteiger partial charge in [0.15, 0.2) is 0 Å². The minimum absolute atomic E-state index is 0.402. The highest BCUT2D eigenvalue weighted by molar-refractivity contribution is 8.22. The van der Waals surface area contributed by atoms with E-state index in [1.165, 1.54) is 5.56 Å². The zero-order chi connectivity index (χ0) is 11.1. The summed E-state index contributed by atoms with van der Waals surface area (Å²) in [4.78, 5) is 0. The lowest BCUT2D eigenvalue weighted by molar-refractivity contribution is 0.670. The van der Waals surface area contributed by atoms with E-state index < -0.39 is 0 Å². The number of thiocarbonyl (C=S) groups is 1. The molecule has 15 heavy (non-hydrogen) atoms. The molecule has 3 heteroatoms. The summed E-state index contributed by atoms with van der Waals surface area (Å²) in [5, 5.41) is 3.32. The lowest BCUT2D eigenvalue weighted by atomic mass is 10.1. The molecule has 0 fully saturated rings. The first-order valence-electron chi connectivity index (χ1n) is 5.19. The van der Waals surface area contributed by atoms with Crippen LogP contribution in [0, 0.1) is 0 Å². The lowest BCUT2D eigenvalue weighted by Gasteiger charge is -2.15. The van der Waals surface area contributed by atoms with Crippen molar-refractivity contribution in [2.75, 3.05) is 5.75 Å². The zero-order valence-corrected chi connectivity index (χ0v) is 10.8. The van der Waals surface area contributed by atoms with Crippen LogP contribution in [-0.4, -0.2) is 16.1 Å². The molecule has 0 aliphatic carbocycles. The summed E-state index contributed by atoms with van der Waals surface area (Å²) in [6, 6.07) is 10.9. The van der Waals surface area contributed by atoms with Gasteiger partial charge in [0.1, 0.15) is 4.32 Å². The number of rotatable bonds is 4. The largest absolute Gasteiger partial charge is 0.368 e. The molecular weight excluding hydrogens is 222 g/mol. The molecular formula is C12H17NS2. The predicted octanol–water partition coefficient (Wildman–Crippen LogP) is 3.25. The van der Waals surface area contributed by atoms with Crippen LogP contribution in [0.3, 0.4) is 0 Å². The van der Waals surface area contributed by atoms with Crippen molar-refractivity contribution in [1.29, 1.82) is 0 Å². The van der Waals surface area contributed by atoms with Gasteiger partial charge in [-0.3, -0.25) is 0 Å². The molecule has 1 N–H and O–H groups in total. The Hall–Kier alpha value is -0.540. The van der Waals surface area contributed by atoms with Crippen LogP contribution in [0.4, 0.5) is 0 Å². The van der Waals surface area contributed by atoms with Gasteiger partial charge in [-0.25, -0.2) is 0 Å². The van der Waals surface area contributed by atoms with Crippen molar-refractivity contribution < 1.29 is 0 Å². The van der Waals surface area contributed by atoms with Crippen molar-refractivity contribution in [1.82, 2.24) is 5.32 Å². The fourth-order valence-electron chi connectivity index (χ4n) is 1.39. The van der Waals surface area contributed by atoms with Gasteiger partial charge < -0.3 is 5.32 Å². The zero-order valence-electron chi connectivity index (χ0n) is 9.19. The predicted molar refractivity (Wildman–Crippen MR) is 73.5 cm³/mol. The Morgan fingerprint density at radius 1 is 1.40 bits per heavy atom. The van der Waals surface area contributed by atoms with E-state index in [2.05, 4.69) is 43.4 Å². The van der Waals surface area contributed by atoms with Crippen LogP contribution in [0.1, 0.15) is 19.4 Å².